The lowest BCUT2D eigenvalue weighted by Gasteiger charge is -2.15. The molecule has 0 bridgehead atoms. The van der Waals surface area contributed by atoms with Gasteiger partial charge >= 0.3 is 6.09 Å². The van der Waals surface area contributed by atoms with Crippen LogP contribution in [-0.2, 0) is 11.2 Å². The molecule has 0 radical (unpaired) electrons. The number of nitrogens with one attached hydrogen (secondary N) is 1. The number of hydrazine groups is 1. The zero-order valence-corrected chi connectivity index (χ0v) is 9.14. The molecule has 1 aromatic carbocycles. The number of nitrogens with zero attached hydrogens (tertiary/aromatic N) is 1. The Morgan fingerprint density at radius 1 is 1.50 bits per heavy atom. The number of carbonyl (C=O) groups excluding carboxylic acids is 1. The van der Waals surface area contributed by atoms with Crippen LogP contribution in [0.15, 0.2) is 24.3 Å². The monoisotopic (exact) mass is 221 g/mol. The van der Waals surface area contributed by atoms with Gasteiger partial charge in [-0.2, -0.15) is 0 Å². The first-order valence-electron chi connectivity index (χ1n) is 5.16. The van der Waals surface area contributed by atoms with Gasteiger partial charge in [0.2, 0.25) is 0 Å². The molecular weight excluding hydrogens is 206 g/mol. The Morgan fingerprint density at radius 2 is 2.19 bits per heavy atom. The molecule has 0 saturated carbocycles. The van der Waals surface area contributed by atoms with Crippen LogP contribution < -0.4 is 11.3 Å². The van der Waals surface area contributed by atoms with Gasteiger partial charge in [-0.25, -0.2) is 4.79 Å². The number of anilines is 1. The zero-order valence-electron chi connectivity index (χ0n) is 9.14. The van der Waals surface area contributed by atoms with Crippen molar-refractivity contribution in [3.8, 4) is 0 Å². The van der Waals surface area contributed by atoms with Crippen molar-refractivity contribution in [3.05, 3.63) is 29.8 Å². The van der Waals surface area contributed by atoms with Crippen LogP contribution in [0.1, 0.15) is 5.56 Å². The van der Waals surface area contributed by atoms with Gasteiger partial charge in [-0.15, -0.1) is 0 Å². The van der Waals surface area contributed by atoms with Gasteiger partial charge in [0, 0.05) is 12.7 Å². The van der Waals surface area contributed by atoms with E-state index in [1.165, 1.54) is 0 Å². The van der Waals surface area contributed by atoms with Gasteiger partial charge < -0.3 is 15.1 Å². The second kappa shape index (κ2) is 4.40. The highest BCUT2D eigenvalue weighted by molar-refractivity contribution is 5.69. The average molecular weight is 221 g/mol. The lowest BCUT2D eigenvalue weighted by atomic mass is 10.1. The molecule has 1 saturated heterocycles. The van der Waals surface area contributed by atoms with Crippen molar-refractivity contribution in [2.75, 3.05) is 19.1 Å². The SMILES string of the molecule is CN1C(=O)OCC1Cc1ccc(NN)cc1. The minimum Gasteiger partial charge on any atom is -0.447 e. The highest BCUT2D eigenvalue weighted by Gasteiger charge is 2.29. The predicted molar refractivity (Wildman–Crippen MR) is 60.9 cm³/mol. The molecule has 1 aliphatic heterocycles. The van der Waals surface area contributed by atoms with E-state index in [9.17, 15) is 4.79 Å². The Kier molecular flexibility index (Phi) is 2.96. The molecule has 0 spiro atoms. The van der Waals surface area contributed by atoms with Crippen molar-refractivity contribution in [1.29, 1.82) is 0 Å². The summed E-state index contributed by atoms with van der Waals surface area (Å²) in [5.41, 5.74) is 4.61. The number of likely N-dealkylation sites (N-methyl/N-ethyl adjacent to an activating group) is 1. The van der Waals surface area contributed by atoms with Gasteiger partial charge in [-0.1, -0.05) is 12.1 Å². The summed E-state index contributed by atoms with van der Waals surface area (Å²) in [5, 5.41) is 0. The first kappa shape index (κ1) is 10.8. The van der Waals surface area contributed by atoms with E-state index in [4.69, 9.17) is 10.6 Å². The van der Waals surface area contributed by atoms with Crippen LogP contribution in [0.25, 0.3) is 0 Å². The zero-order chi connectivity index (χ0) is 11.5. The molecule has 5 heteroatoms. The molecule has 1 atom stereocenters. The lowest BCUT2D eigenvalue weighted by Crippen LogP contribution is -2.31. The Labute approximate surface area is 94.1 Å². The van der Waals surface area contributed by atoms with Gasteiger partial charge in [0.05, 0.1) is 6.04 Å². The summed E-state index contributed by atoms with van der Waals surface area (Å²) < 4.78 is 4.95. The van der Waals surface area contributed by atoms with E-state index in [2.05, 4.69) is 5.43 Å². The molecule has 3 N–H and O–H groups in total. The van der Waals surface area contributed by atoms with E-state index in [0.717, 1.165) is 17.7 Å². The van der Waals surface area contributed by atoms with Crippen LogP contribution >= 0.6 is 0 Å². The maximum atomic E-state index is 11.2. The van der Waals surface area contributed by atoms with Crippen molar-refractivity contribution in [1.82, 2.24) is 4.90 Å². The Balaban J connectivity index is 2.01. The van der Waals surface area contributed by atoms with Crippen molar-refractivity contribution in [3.63, 3.8) is 0 Å². The van der Waals surface area contributed by atoms with E-state index in [1.807, 2.05) is 24.3 Å². The summed E-state index contributed by atoms with van der Waals surface area (Å²) in [5.74, 6) is 5.28. The summed E-state index contributed by atoms with van der Waals surface area (Å²) in [6.07, 6.45) is 0.554. The second-order valence-corrected chi connectivity index (χ2v) is 3.89. The third-order valence-electron chi connectivity index (χ3n) is 2.83. The van der Waals surface area contributed by atoms with E-state index >= 15 is 0 Å². The number of carbonyl (C=O) groups is 1. The standard InChI is InChI=1S/C11H15N3O2/c1-14-10(7-16-11(14)15)6-8-2-4-9(13-12)5-3-8/h2-5,10,13H,6-7,12H2,1H3. The molecule has 1 fully saturated rings. The normalized spacial score (nSPS) is 19.8. The van der Waals surface area contributed by atoms with Crippen LogP contribution in [-0.4, -0.2) is 30.7 Å². The summed E-state index contributed by atoms with van der Waals surface area (Å²) in [6.45, 7) is 0.465. The van der Waals surface area contributed by atoms with Gasteiger partial charge in [-0.3, -0.25) is 5.84 Å². The molecule has 1 amide bonds. The third kappa shape index (κ3) is 2.09. The number of benzene rings is 1. The smallest absolute Gasteiger partial charge is 0.409 e. The van der Waals surface area contributed by atoms with E-state index < -0.39 is 0 Å². The van der Waals surface area contributed by atoms with E-state index in [1.54, 1.807) is 11.9 Å². The van der Waals surface area contributed by atoms with Gasteiger partial charge in [0.1, 0.15) is 6.61 Å². The Bertz CT molecular complexity index is 377. The molecule has 1 aliphatic rings. The van der Waals surface area contributed by atoms with Crippen molar-refractivity contribution >= 4 is 11.8 Å². The number of cyclic esters (lactones) is 1. The van der Waals surface area contributed by atoms with Crippen LogP contribution in [0.2, 0.25) is 0 Å². The van der Waals surface area contributed by atoms with Crippen molar-refractivity contribution in [2.45, 2.75) is 12.5 Å². The number of amides is 1. The number of hydrogen-bond donors (Lipinski definition) is 2. The number of hydrogen-bond acceptors (Lipinski definition) is 4. The molecule has 0 aliphatic carbocycles. The summed E-state index contributed by atoms with van der Waals surface area (Å²) in [6, 6.07) is 7.93. The predicted octanol–water partition coefficient (Wildman–Crippen LogP) is 0.965. The van der Waals surface area contributed by atoms with Gasteiger partial charge in [0.15, 0.2) is 0 Å². The first-order valence-corrected chi connectivity index (χ1v) is 5.16. The highest BCUT2D eigenvalue weighted by Crippen LogP contribution is 2.16. The fourth-order valence-corrected chi connectivity index (χ4v) is 1.74. The fourth-order valence-electron chi connectivity index (χ4n) is 1.74. The van der Waals surface area contributed by atoms with Gasteiger partial charge in [0.25, 0.3) is 0 Å². The van der Waals surface area contributed by atoms with Crippen LogP contribution in [0.5, 0.6) is 0 Å². The molecule has 16 heavy (non-hydrogen) atoms. The number of rotatable bonds is 3. The van der Waals surface area contributed by atoms with Crippen LogP contribution in [0.4, 0.5) is 10.5 Å². The van der Waals surface area contributed by atoms with Crippen LogP contribution in [0, 0.1) is 0 Å². The Morgan fingerprint density at radius 3 is 2.69 bits per heavy atom. The summed E-state index contributed by atoms with van der Waals surface area (Å²) in [7, 11) is 1.76. The third-order valence-corrected chi connectivity index (χ3v) is 2.83. The number of nitrogens with two attached hydrogens (primary N) is 1. The molecule has 1 unspecified atom stereocenters. The summed E-state index contributed by atoms with van der Waals surface area (Å²) in [4.78, 5) is 12.8. The molecule has 1 aromatic rings. The highest BCUT2D eigenvalue weighted by atomic mass is 16.6. The second-order valence-electron chi connectivity index (χ2n) is 3.89. The maximum Gasteiger partial charge on any atom is 0.409 e. The lowest BCUT2D eigenvalue weighted by molar-refractivity contribution is 0.163. The minimum atomic E-state index is -0.245. The van der Waals surface area contributed by atoms with E-state index in [-0.39, 0.29) is 12.1 Å². The largest absolute Gasteiger partial charge is 0.447 e. The molecule has 0 aromatic heterocycles. The number of nitrogen functional groups attached to an aromatic ring is 1. The fraction of sp³-hybridized carbons (Fsp3) is 0.364. The van der Waals surface area contributed by atoms with Gasteiger partial charge in [-0.05, 0) is 24.1 Å². The van der Waals surface area contributed by atoms with Crippen LogP contribution in [0.3, 0.4) is 0 Å². The molecule has 86 valence electrons. The molecule has 1 heterocycles. The van der Waals surface area contributed by atoms with E-state index in [0.29, 0.717) is 6.61 Å². The Hall–Kier alpha value is -1.75. The first-order chi connectivity index (χ1) is 7.70. The average Bonchev–Trinajstić information content (AvgIpc) is 2.62. The molecular formula is C11H15N3O2. The maximum absolute atomic E-state index is 11.2. The van der Waals surface area contributed by atoms with Crippen molar-refractivity contribution in [2.24, 2.45) is 5.84 Å². The minimum absolute atomic E-state index is 0.129. The quantitative estimate of drug-likeness (QED) is 0.589. The van der Waals surface area contributed by atoms with Crippen molar-refractivity contribution < 1.29 is 9.53 Å². The summed E-state index contributed by atoms with van der Waals surface area (Å²) >= 11 is 0. The topological polar surface area (TPSA) is 67.6 Å². The molecule has 2 rings (SSSR count). The molecule has 5 nitrogen and oxygen atoms in total. The number of ether oxygens (including phenoxy) is 1.